The molecule has 0 heterocycles. The molecule has 28 heavy (non-hydrogen) atoms. The third kappa shape index (κ3) is 5.08. The van der Waals surface area contributed by atoms with Gasteiger partial charge in [-0.1, -0.05) is 24.3 Å². The minimum Gasteiger partial charge on any atom is -0.348 e. The van der Waals surface area contributed by atoms with Crippen LogP contribution in [0, 0.1) is 19.7 Å². The minimum atomic E-state index is -3.88. The van der Waals surface area contributed by atoms with Crippen LogP contribution in [0.1, 0.15) is 29.7 Å². The summed E-state index contributed by atoms with van der Waals surface area (Å²) in [4.78, 5) is 12.6. The summed E-state index contributed by atoms with van der Waals surface area (Å²) in [6.45, 7) is 5.05. The fraction of sp³-hybridized carbons (Fsp3) is 0.350. The Balaban J connectivity index is 2.28. The predicted octanol–water partition coefficient (Wildman–Crippen LogP) is 2.93. The second kappa shape index (κ2) is 8.70. The van der Waals surface area contributed by atoms with Crippen molar-refractivity contribution in [2.75, 3.05) is 24.9 Å². The van der Waals surface area contributed by atoms with Crippen molar-refractivity contribution in [2.24, 2.45) is 0 Å². The first-order valence-corrected chi connectivity index (χ1v) is 10.2. The Bertz CT molecular complexity index is 944. The molecule has 0 aliphatic heterocycles. The van der Waals surface area contributed by atoms with E-state index in [1.807, 2.05) is 19.1 Å². The molecule has 2 rings (SSSR count). The second-order valence-electron chi connectivity index (χ2n) is 6.93. The lowest BCUT2D eigenvalue weighted by Crippen LogP contribution is -2.46. The molecule has 0 radical (unpaired) electrons. The average molecular weight is 408 g/mol. The zero-order valence-electron chi connectivity index (χ0n) is 16.7. The SMILES string of the molecule is Cc1ccc(C)c(N(CC(=O)NC(C)c2ccc(F)cc2)S(=O)(=O)N(C)C)c1. The molecular weight excluding hydrogens is 381 g/mol. The molecule has 1 atom stereocenters. The Labute approximate surface area is 166 Å². The lowest BCUT2D eigenvalue weighted by Gasteiger charge is -2.29. The van der Waals surface area contributed by atoms with E-state index in [0.717, 1.165) is 25.3 Å². The van der Waals surface area contributed by atoms with Crippen molar-refractivity contribution < 1.29 is 17.6 Å². The van der Waals surface area contributed by atoms with Gasteiger partial charge in [-0.15, -0.1) is 0 Å². The number of halogens is 1. The first-order chi connectivity index (χ1) is 13.0. The van der Waals surface area contributed by atoms with E-state index in [-0.39, 0.29) is 12.4 Å². The van der Waals surface area contributed by atoms with E-state index in [1.165, 1.54) is 26.2 Å². The Morgan fingerprint density at radius 1 is 1.11 bits per heavy atom. The van der Waals surface area contributed by atoms with Crippen LogP contribution in [0.4, 0.5) is 10.1 Å². The number of nitrogens with one attached hydrogen (secondary N) is 1. The second-order valence-corrected chi connectivity index (χ2v) is 8.99. The van der Waals surface area contributed by atoms with Gasteiger partial charge >= 0.3 is 10.2 Å². The highest BCUT2D eigenvalue weighted by Crippen LogP contribution is 2.25. The van der Waals surface area contributed by atoms with Crippen molar-refractivity contribution in [3.63, 3.8) is 0 Å². The molecule has 0 aliphatic rings. The third-order valence-corrected chi connectivity index (χ3v) is 6.21. The quantitative estimate of drug-likeness (QED) is 0.767. The molecule has 8 heteroatoms. The monoisotopic (exact) mass is 407 g/mol. The number of hydrogen-bond donors (Lipinski definition) is 1. The highest BCUT2D eigenvalue weighted by molar-refractivity contribution is 7.90. The van der Waals surface area contributed by atoms with Gasteiger partial charge < -0.3 is 5.32 Å². The van der Waals surface area contributed by atoms with E-state index in [2.05, 4.69) is 5.32 Å². The van der Waals surface area contributed by atoms with Crippen LogP contribution in [-0.2, 0) is 15.0 Å². The van der Waals surface area contributed by atoms with Crippen LogP contribution in [0.15, 0.2) is 42.5 Å². The van der Waals surface area contributed by atoms with Gasteiger partial charge in [-0.05, 0) is 55.7 Å². The molecule has 0 saturated carbocycles. The summed E-state index contributed by atoms with van der Waals surface area (Å²) in [7, 11) is -1.03. The van der Waals surface area contributed by atoms with Crippen LogP contribution in [-0.4, -0.2) is 39.3 Å². The molecule has 1 N–H and O–H groups in total. The number of benzene rings is 2. The van der Waals surface area contributed by atoms with E-state index in [9.17, 15) is 17.6 Å². The number of carbonyl (C=O) groups is 1. The summed E-state index contributed by atoms with van der Waals surface area (Å²) in [5.74, 6) is -0.816. The van der Waals surface area contributed by atoms with Gasteiger partial charge in [-0.3, -0.25) is 4.79 Å². The topological polar surface area (TPSA) is 69.7 Å². The summed E-state index contributed by atoms with van der Waals surface area (Å²) >= 11 is 0. The van der Waals surface area contributed by atoms with E-state index >= 15 is 0 Å². The van der Waals surface area contributed by atoms with Crippen molar-refractivity contribution in [2.45, 2.75) is 26.8 Å². The van der Waals surface area contributed by atoms with Crippen LogP contribution >= 0.6 is 0 Å². The number of nitrogens with zero attached hydrogens (tertiary/aromatic N) is 2. The molecular formula is C20H26FN3O3S. The van der Waals surface area contributed by atoms with Gasteiger partial charge in [0.2, 0.25) is 5.91 Å². The van der Waals surface area contributed by atoms with E-state index in [1.54, 1.807) is 32.0 Å². The standard InChI is InChI=1S/C20H26FN3O3S/c1-14-6-7-15(2)19(12-14)24(28(26,27)23(4)5)13-20(25)22-16(3)17-8-10-18(21)11-9-17/h6-12,16H,13H2,1-5H3,(H,22,25). The van der Waals surface area contributed by atoms with E-state index < -0.39 is 22.2 Å². The molecule has 2 aromatic rings. The molecule has 0 fully saturated rings. The van der Waals surface area contributed by atoms with Gasteiger partial charge in [0.05, 0.1) is 11.7 Å². The molecule has 0 spiro atoms. The van der Waals surface area contributed by atoms with Crippen molar-refractivity contribution >= 4 is 21.8 Å². The summed E-state index contributed by atoms with van der Waals surface area (Å²) in [5, 5.41) is 2.77. The molecule has 152 valence electrons. The molecule has 2 aromatic carbocycles. The van der Waals surface area contributed by atoms with Crippen molar-refractivity contribution in [3.8, 4) is 0 Å². The maximum atomic E-state index is 13.1. The third-order valence-electron chi connectivity index (χ3n) is 4.41. The highest BCUT2D eigenvalue weighted by atomic mass is 32.2. The molecule has 1 amide bonds. The van der Waals surface area contributed by atoms with Gasteiger partial charge in [-0.2, -0.15) is 12.7 Å². The summed E-state index contributed by atoms with van der Waals surface area (Å²) in [6, 6.07) is 10.9. The Morgan fingerprint density at radius 3 is 2.29 bits per heavy atom. The van der Waals surface area contributed by atoms with Gasteiger partial charge in [-0.25, -0.2) is 8.70 Å². The van der Waals surface area contributed by atoms with E-state index in [4.69, 9.17) is 0 Å². The number of rotatable bonds is 7. The summed E-state index contributed by atoms with van der Waals surface area (Å²) in [6.07, 6.45) is 0. The van der Waals surface area contributed by atoms with Crippen LogP contribution in [0.3, 0.4) is 0 Å². The minimum absolute atomic E-state index is 0.361. The number of anilines is 1. The highest BCUT2D eigenvalue weighted by Gasteiger charge is 2.29. The normalized spacial score (nSPS) is 12.7. The molecule has 0 saturated heterocycles. The maximum absolute atomic E-state index is 13.1. The van der Waals surface area contributed by atoms with Gasteiger partial charge in [0, 0.05) is 14.1 Å². The Hall–Kier alpha value is -2.45. The molecule has 6 nitrogen and oxygen atoms in total. The first kappa shape index (κ1) is 21.8. The number of carbonyl (C=O) groups excluding carboxylic acids is 1. The molecule has 0 aromatic heterocycles. The fourth-order valence-corrected chi connectivity index (χ4v) is 3.85. The maximum Gasteiger partial charge on any atom is 0.304 e. The largest absolute Gasteiger partial charge is 0.348 e. The summed E-state index contributed by atoms with van der Waals surface area (Å²) < 4.78 is 41.0. The van der Waals surface area contributed by atoms with Gasteiger partial charge in [0.1, 0.15) is 12.4 Å². The van der Waals surface area contributed by atoms with Crippen LogP contribution in [0.2, 0.25) is 0 Å². The lowest BCUT2D eigenvalue weighted by atomic mass is 10.1. The van der Waals surface area contributed by atoms with Gasteiger partial charge in [0.15, 0.2) is 0 Å². The van der Waals surface area contributed by atoms with Crippen molar-refractivity contribution in [3.05, 3.63) is 65.0 Å². The zero-order chi connectivity index (χ0) is 21.1. The van der Waals surface area contributed by atoms with Crippen LogP contribution in [0.25, 0.3) is 0 Å². The number of hydrogen-bond acceptors (Lipinski definition) is 3. The van der Waals surface area contributed by atoms with Crippen molar-refractivity contribution in [1.82, 2.24) is 9.62 Å². The zero-order valence-corrected chi connectivity index (χ0v) is 17.5. The van der Waals surface area contributed by atoms with Gasteiger partial charge in [0.25, 0.3) is 0 Å². The fourth-order valence-electron chi connectivity index (χ4n) is 2.73. The number of amides is 1. The molecule has 1 unspecified atom stereocenters. The first-order valence-electron chi connectivity index (χ1n) is 8.84. The van der Waals surface area contributed by atoms with Crippen molar-refractivity contribution in [1.29, 1.82) is 0 Å². The van der Waals surface area contributed by atoms with Crippen LogP contribution in [0.5, 0.6) is 0 Å². The van der Waals surface area contributed by atoms with E-state index in [0.29, 0.717) is 5.69 Å². The molecule has 0 bridgehead atoms. The average Bonchev–Trinajstić information content (AvgIpc) is 2.62. The Kier molecular flexibility index (Phi) is 6.79. The summed E-state index contributed by atoms with van der Waals surface area (Å²) in [5.41, 5.74) is 2.82. The van der Waals surface area contributed by atoms with Crippen LogP contribution < -0.4 is 9.62 Å². The lowest BCUT2D eigenvalue weighted by molar-refractivity contribution is -0.120. The molecule has 0 aliphatic carbocycles. The smallest absolute Gasteiger partial charge is 0.304 e. The predicted molar refractivity (Wildman–Crippen MR) is 109 cm³/mol. The Morgan fingerprint density at radius 2 is 1.71 bits per heavy atom. The number of aryl methyl sites for hydroxylation is 2.